The molecule has 20 heavy (non-hydrogen) atoms. The highest BCUT2D eigenvalue weighted by atomic mass is 35.5. The fraction of sp³-hybridized carbons (Fsp3) is 0.562. The van der Waals surface area contributed by atoms with Gasteiger partial charge in [-0.1, -0.05) is 19.4 Å². The van der Waals surface area contributed by atoms with E-state index in [9.17, 15) is 0 Å². The maximum absolute atomic E-state index is 6.18. The van der Waals surface area contributed by atoms with Gasteiger partial charge in [-0.15, -0.1) is 11.6 Å². The Kier molecular flexibility index (Phi) is 4.16. The molecule has 1 aliphatic rings. The first-order valence-corrected chi connectivity index (χ1v) is 8.13. The van der Waals surface area contributed by atoms with Crippen molar-refractivity contribution in [3.8, 4) is 0 Å². The zero-order valence-corrected chi connectivity index (χ0v) is 12.8. The number of imidazole rings is 1. The molecule has 0 aromatic carbocycles. The third-order valence-corrected chi connectivity index (χ3v) is 4.71. The Morgan fingerprint density at radius 2 is 2.20 bits per heavy atom. The van der Waals surface area contributed by atoms with Crippen molar-refractivity contribution in [1.29, 1.82) is 0 Å². The maximum Gasteiger partial charge on any atom is 0.152 e. The van der Waals surface area contributed by atoms with Crippen LogP contribution in [0.1, 0.15) is 38.3 Å². The largest absolute Gasteiger partial charge is 0.355 e. The molecular weight excluding hydrogens is 270 g/mol. The Morgan fingerprint density at radius 3 is 3.00 bits per heavy atom. The number of fused-ring (bicyclic) bond motifs is 1. The van der Waals surface area contributed by atoms with Gasteiger partial charge in [0.25, 0.3) is 0 Å². The van der Waals surface area contributed by atoms with Gasteiger partial charge >= 0.3 is 0 Å². The highest BCUT2D eigenvalue weighted by Crippen LogP contribution is 2.28. The highest BCUT2D eigenvalue weighted by Gasteiger charge is 2.21. The SMILES string of the molecule is CCC1CCCN(c2nc3ccccn3c2CCl)CC1. The summed E-state index contributed by atoms with van der Waals surface area (Å²) >= 11 is 6.18. The van der Waals surface area contributed by atoms with Crippen LogP contribution in [0.5, 0.6) is 0 Å². The maximum atomic E-state index is 6.18. The molecule has 0 aliphatic carbocycles. The molecule has 3 heterocycles. The topological polar surface area (TPSA) is 20.5 Å². The molecule has 0 amide bonds. The van der Waals surface area contributed by atoms with Crippen LogP contribution >= 0.6 is 11.6 Å². The third kappa shape index (κ3) is 2.51. The molecule has 2 aromatic heterocycles. The summed E-state index contributed by atoms with van der Waals surface area (Å²) in [7, 11) is 0. The monoisotopic (exact) mass is 291 g/mol. The van der Waals surface area contributed by atoms with Gasteiger partial charge in [-0.2, -0.15) is 0 Å². The van der Waals surface area contributed by atoms with Crippen LogP contribution in [0.4, 0.5) is 5.82 Å². The lowest BCUT2D eigenvalue weighted by molar-refractivity contribution is 0.459. The van der Waals surface area contributed by atoms with Crippen LogP contribution in [-0.4, -0.2) is 22.5 Å². The lowest BCUT2D eigenvalue weighted by Crippen LogP contribution is -2.25. The standard InChI is InChI=1S/C16H22ClN3/c1-2-13-6-5-9-19(11-8-13)16-14(12-17)20-10-4-3-7-15(20)18-16/h3-4,7,10,13H,2,5-6,8-9,11-12H2,1H3. The lowest BCUT2D eigenvalue weighted by Gasteiger charge is -2.21. The minimum Gasteiger partial charge on any atom is -0.355 e. The molecule has 0 radical (unpaired) electrons. The van der Waals surface area contributed by atoms with Gasteiger partial charge in [0, 0.05) is 19.3 Å². The van der Waals surface area contributed by atoms with Gasteiger partial charge in [0.15, 0.2) is 5.82 Å². The van der Waals surface area contributed by atoms with Crippen molar-refractivity contribution in [3.63, 3.8) is 0 Å². The summed E-state index contributed by atoms with van der Waals surface area (Å²) in [6, 6.07) is 6.11. The Morgan fingerprint density at radius 1 is 1.30 bits per heavy atom. The molecule has 1 aliphatic heterocycles. The fourth-order valence-electron chi connectivity index (χ4n) is 3.20. The molecule has 4 heteroatoms. The molecule has 2 aromatic rings. The normalized spacial score (nSPS) is 20.3. The smallest absolute Gasteiger partial charge is 0.152 e. The van der Waals surface area contributed by atoms with Crippen LogP contribution in [-0.2, 0) is 5.88 Å². The van der Waals surface area contributed by atoms with Gasteiger partial charge in [-0.3, -0.25) is 0 Å². The number of pyridine rings is 1. The molecule has 0 saturated carbocycles. The van der Waals surface area contributed by atoms with E-state index in [0.717, 1.165) is 36.2 Å². The van der Waals surface area contributed by atoms with Crippen LogP contribution in [0.2, 0.25) is 0 Å². The predicted octanol–water partition coefficient (Wildman–Crippen LogP) is 4.09. The van der Waals surface area contributed by atoms with Crippen molar-refractivity contribution in [2.45, 2.75) is 38.5 Å². The number of halogens is 1. The van der Waals surface area contributed by atoms with E-state index in [1.54, 1.807) is 0 Å². The molecule has 1 saturated heterocycles. The van der Waals surface area contributed by atoms with Crippen molar-refractivity contribution in [3.05, 3.63) is 30.1 Å². The molecular formula is C16H22ClN3. The average Bonchev–Trinajstić information content (AvgIpc) is 2.69. The quantitative estimate of drug-likeness (QED) is 0.794. The van der Waals surface area contributed by atoms with Crippen molar-refractivity contribution in [2.75, 3.05) is 18.0 Å². The van der Waals surface area contributed by atoms with Crippen LogP contribution in [0.15, 0.2) is 24.4 Å². The first kappa shape index (κ1) is 13.7. The van der Waals surface area contributed by atoms with Gasteiger partial charge in [-0.25, -0.2) is 4.98 Å². The molecule has 0 spiro atoms. The number of aromatic nitrogens is 2. The van der Waals surface area contributed by atoms with Crippen molar-refractivity contribution < 1.29 is 0 Å². The number of hydrogen-bond acceptors (Lipinski definition) is 2. The number of anilines is 1. The van der Waals surface area contributed by atoms with Crippen molar-refractivity contribution >= 4 is 23.1 Å². The molecule has 0 N–H and O–H groups in total. The van der Waals surface area contributed by atoms with Crippen LogP contribution in [0, 0.1) is 5.92 Å². The summed E-state index contributed by atoms with van der Waals surface area (Å²) in [6.07, 6.45) is 7.22. The summed E-state index contributed by atoms with van der Waals surface area (Å²) in [4.78, 5) is 7.24. The summed E-state index contributed by atoms with van der Waals surface area (Å²) < 4.78 is 2.12. The Labute approximate surface area is 125 Å². The van der Waals surface area contributed by atoms with Crippen LogP contribution in [0.25, 0.3) is 5.65 Å². The molecule has 1 fully saturated rings. The van der Waals surface area contributed by atoms with Crippen LogP contribution < -0.4 is 4.90 Å². The van der Waals surface area contributed by atoms with E-state index in [1.807, 2.05) is 18.2 Å². The summed E-state index contributed by atoms with van der Waals surface area (Å²) in [6.45, 7) is 4.51. The van der Waals surface area contributed by atoms with Crippen molar-refractivity contribution in [1.82, 2.24) is 9.38 Å². The van der Waals surface area contributed by atoms with Crippen molar-refractivity contribution in [2.24, 2.45) is 5.92 Å². The number of nitrogens with zero attached hydrogens (tertiary/aromatic N) is 3. The van der Waals surface area contributed by atoms with E-state index >= 15 is 0 Å². The molecule has 0 bridgehead atoms. The van der Waals surface area contributed by atoms with E-state index < -0.39 is 0 Å². The van der Waals surface area contributed by atoms with E-state index in [2.05, 4.69) is 22.4 Å². The van der Waals surface area contributed by atoms with Gasteiger partial charge in [-0.05, 0) is 37.3 Å². The molecule has 1 atom stereocenters. The first-order valence-electron chi connectivity index (χ1n) is 7.60. The second kappa shape index (κ2) is 6.04. The Bertz CT molecular complexity index is 578. The zero-order valence-electron chi connectivity index (χ0n) is 12.1. The van der Waals surface area contributed by atoms with E-state index in [-0.39, 0.29) is 0 Å². The number of rotatable bonds is 3. The molecule has 1 unspecified atom stereocenters. The number of hydrogen-bond donors (Lipinski definition) is 0. The summed E-state index contributed by atoms with van der Waals surface area (Å²) in [5, 5.41) is 0. The van der Waals surface area contributed by atoms with E-state index in [0.29, 0.717) is 5.88 Å². The van der Waals surface area contributed by atoms with E-state index in [4.69, 9.17) is 16.6 Å². The third-order valence-electron chi connectivity index (χ3n) is 4.46. The fourth-order valence-corrected chi connectivity index (χ4v) is 3.45. The summed E-state index contributed by atoms with van der Waals surface area (Å²) in [5.41, 5.74) is 2.12. The zero-order chi connectivity index (χ0) is 13.9. The van der Waals surface area contributed by atoms with Crippen LogP contribution in [0.3, 0.4) is 0 Å². The second-order valence-corrected chi connectivity index (χ2v) is 5.90. The Hall–Kier alpha value is -1.22. The Balaban J connectivity index is 1.93. The lowest BCUT2D eigenvalue weighted by atomic mass is 9.98. The van der Waals surface area contributed by atoms with Gasteiger partial charge in [0.1, 0.15) is 5.65 Å². The summed E-state index contributed by atoms with van der Waals surface area (Å²) in [5.74, 6) is 2.47. The van der Waals surface area contributed by atoms with Gasteiger partial charge in [0.2, 0.25) is 0 Å². The number of alkyl halides is 1. The van der Waals surface area contributed by atoms with Gasteiger partial charge < -0.3 is 9.30 Å². The first-order chi connectivity index (χ1) is 9.83. The van der Waals surface area contributed by atoms with E-state index in [1.165, 1.54) is 25.7 Å². The molecule has 3 rings (SSSR count). The second-order valence-electron chi connectivity index (χ2n) is 5.64. The average molecular weight is 292 g/mol. The minimum absolute atomic E-state index is 0.508. The predicted molar refractivity (Wildman–Crippen MR) is 84.6 cm³/mol. The highest BCUT2D eigenvalue weighted by molar-refractivity contribution is 6.17. The molecule has 3 nitrogen and oxygen atoms in total. The minimum atomic E-state index is 0.508. The molecule has 108 valence electrons. The van der Waals surface area contributed by atoms with Gasteiger partial charge in [0.05, 0.1) is 11.6 Å².